The summed E-state index contributed by atoms with van der Waals surface area (Å²) in [6, 6.07) is 0. The van der Waals surface area contributed by atoms with Gasteiger partial charge in [0.15, 0.2) is 0 Å². The Balaban J connectivity index is 3.03. The van der Waals surface area contributed by atoms with Crippen molar-refractivity contribution in [3.8, 4) is 0 Å². The number of allylic oxidation sites excluding steroid dienone is 2. The maximum Gasteiger partial charge on any atom is 0.0697 e. The third-order valence-corrected chi connectivity index (χ3v) is 5.04. The van der Waals surface area contributed by atoms with Gasteiger partial charge in [0.2, 0.25) is 0 Å². The highest BCUT2D eigenvalue weighted by molar-refractivity contribution is 4.81. The topological polar surface area (TPSA) is 29.5 Å². The van der Waals surface area contributed by atoms with E-state index in [1.54, 1.807) is 0 Å². The van der Waals surface area contributed by atoms with Gasteiger partial charge in [-0.1, -0.05) is 103 Å². The molecule has 0 bridgehead atoms. The Morgan fingerprint density at radius 3 is 1.42 bits per heavy atom. The average Bonchev–Trinajstić information content (AvgIpc) is 2.66. The lowest BCUT2D eigenvalue weighted by molar-refractivity contribution is 0.0895. The summed E-state index contributed by atoms with van der Waals surface area (Å²) < 4.78 is 5.27. The van der Waals surface area contributed by atoms with E-state index in [1.807, 2.05) is 0 Å². The van der Waals surface area contributed by atoms with Crippen molar-refractivity contribution in [2.45, 2.75) is 122 Å². The molecule has 0 aromatic rings. The van der Waals surface area contributed by atoms with Crippen molar-refractivity contribution in [3.05, 3.63) is 12.2 Å². The Kier molecular flexibility index (Phi) is 24.3. The Hall–Kier alpha value is -0.340. The van der Waals surface area contributed by atoms with Crippen LogP contribution in [0.2, 0.25) is 0 Å². The Bertz CT molecular complexity index is 263. The lowest BCUT2D eigenvalue weighted by Gasteiger charge is -2.03. The van der Waals surface area contributed by atoms with Gasteiger partial charge in [0.05, 0.1) is 13.2 Å². The van der Waals surface area contributed by atoms with Gasteiger partial charge in [-0.15, -0.1) is 0 Å². The highest BCUT2D eigenvalue weighted by Gasteiger charge is 1.94. The molecular weight excluding hydrogens is 320 g/mol. The fourth-order valence-corrected chi connectivity index (χ4v) is 3.33. The van der Waals surface area contributed by atoms with E-state index in [-0.39, 0.29) is 6.61 Å². The molecule has 0 saturated heterocycles. The van der Waals surface area contributed by atoms with Crippen LogP contribution in [0.5, 0.6) is 0 Å². The largest absolute Gasteiger partial charge is 0.394 e. The minimum Gasteiger partial charge on any atom is -0.394 e. The van der Waals surface area contributed by atoms with Gasteiger partial charge in [0.25, 0.3) is 0 Å². The van der Waals surface area contributed by atoms with Crippen molar-refractivity contribution < 1.29 is 9.84 Å². The summed E-state index contributed by atoms with van der Waals surface area (Å²) >= 11 is 0. The van der Waals surface area contributed by atoms with Crippen molar-refractivity contribution in [2.24, 2.45) is 0 Å². The van der Waals surface area contributed by atoms with Crippen LogP contribution in [0, 0.1) is 0 Å². The molecule has 2 heteroatoms. The van der Waals surface area contributed by atoms with Crippen LogP contribution in [0.25, 0.3) is 0 Å². The maximum atomic E-state index is 8.60. The molecule has 1 N–H and O–H groups in total. The summed E-state index contributed by atoms with van der Waals surface area (Å²) in [5.41, 5.74) is 0. The molecule has 0 aromatic heterocycles. The molecule has 0 amide bonds. The van der Waals surface area contributed by atoms with Crippen LogP contribution in [0.3, 0.4) is 0 Å². The molecule has 0 radical (unpaired) electrons. The van der Waals surface area contributed by atoms with Crippen molar-refractivity contribution in [3.63, 3.8) is 0 Å². The molecule has 0 fully saturated rings. The van der Waals surface area contributed by atoms with Gasteiger partial charge >= 0.3 is 0 Å². The summed E-state index contributed by atoms with van der Waals surface area (Å²) in [7, 11) is 0. The SMILES string of the molecule is CCCCCCCCC=CCCCCCCCCCCCCOCCO. The molecule has 156 valence electrons. The van der Waals surface area contributed by atoms with Crippen LogP contribution >= 0.6 is 0 Å². The number of rotatable bonds is 22. The minimum absolute atomic E-state index is 0.148. The molecule has 0 aliphatic heterocycles. The number of unbranched alkanes of at least 4 members (excludes halogenated alkanes) is 16. The molecule has 0 unspecified atom stereocenters. The number of hydrogen-bond acceptors (Lipinski definition) is 2. The molecule has 2 nitrogen and oxygen atoms in total. The van der Waals surface area contributed by atoms with Crippen molar-refractivity contribution in [1.29, 1.82) is 0 Å². The van der Waals surface area contributed by atoms with Crippen LogP contribution in [-0.4, -0.2) is 24.9 Å². The van der Waals surface area contributed by atoms with Crippen LogP contribution in [0.4, 0.5) is 0 Å². The highest BCUT2D eigenvalue weighted by atomic mass is 16.5. The molecular formula is C24H48O2. The molecule has 0 aliphatic rings. The molecule has 0 spiro atoms. The van der Waals surface area contributed by atoms with Crippen LogP contribution < -0.4 is 0 Å². The summed E-state index contributed by atoms with van der Waals surface area (Å²) in [5.74, 6) is 0. The third kappa shape index (κ3) is 23.7. The maximum absolute atomic E-state index is 8.60. The van der Waals surface area contributed by atoms with E-state index in [4.69, 9.17) is 9.84 Å². The van der Waals surface area contributed by atoms with E-state index < -0.39 is 0 Å². The first-order valence-corrected chi connectivity index (χ1v) is 11.8. The van der Waals surface area contributed by atoms with Gasteiger partial charge in [-0.2, -0.15) is 0 Å². The first kappa shape index (κ1) is 25.7. The quantitative estimate of drug-likeness (QED) is 0.157. The Labute approximate surface area is 164 Å². The van der Waals surface area contributed by atoms with Gasteiger partial charge in [-0.05, 0) is 32.1 Å². The van der Waals surface area contributed by atoms with Crippen molar-refractivity contribution >= 4 is 0 Å². The lowest BCUT2D eigenvalue weighted by Crippen LogP contribution is -2.00. The van der Waals surface area contributed by atoms with Gasteiger partial charge in [-0.3, -0.25) is 0 Å². The van der Waals surface area contributed by atoms with Gasteiger partial charge in [0.1, 0.15) is 0 Å². The van der Waals surface area contributed by atoms with Crippen LogP contribution in [0.1, 0.15) is 122 Å². The molecule has 0 atom stereocenters. The van der Waals surface area contributed by atoms with E-state index >= 15 is 0 Å². The van der Waals surface area contributed by atoms with Gasteiger partial charge in [-0.25, -0.2) is 0 Å². The summed E-state index contributed by atoms with van der Waals surface area (Å²) in [6.45, 7) is 3.74. The van der Waals surface area contributed by atoms with Gasteiger partial charge < -0.3 is 9.84 Å². The van der Waals surface area contributed by atoms with Crippen LogP contribution in [-0.2, 0) is 4.74 Å². The average molecular weight is 369 g/mol. The minimum atomic E-state index is 0.148. The lowest BCUT2D eigenvalue weighted by atomic mass is 10.1. The predicted molar refractivity (Wildman–Crippen MR) is 116 cm³/mol. The molecule has 0 aromatic carbocycles. The second-order valence-electron chi connectivity index (χ2n) is 7.69. The zero-order chi connectivity index (χ0) is 19.0. The fourth-order valence-electron chi connectivity index (χ4n) is 3.33. The summed E-state index contributed by atoms with van der Waals surface area (Å²) in [6.07, 6.45) is 29.4. The monoisotopic (exact) mass is 368 g/mol. The molecule has 0 saturated carbocycles. The number of hydrogen-bond donors (Lipinski definition) is 1. The van der Waals surface area contributed by atoms with Crippen LogP contribution in [0.15, 0.2) is 12.2 Å². The van der Waals surface area contributed by atoms with Crippen molar-refractivity contribution in [1.82, 2.24) is 0 Å². The number of aliphatic hydroxyl groups excluding tert-OH is 1. The first-order valence-electron chi connectivity index (χ1n) is 11.8. The highest BCUT2D eigenvalue weighted by Crippen LogP contribution is 2.12. The number of ether oxygens (including phenoxy) is 1. The second kappa shape index (κ2) is 24.7. The first-order chi connectivity index (χ1) is 12.9. The number of aliphatic hydroxyl groups is 1. The summed E-state index contributed by atoms with van der Waals surface area (Å²) in [5, 5.41) is 8.60. The Morgan fingerprint density at radius 2 is 0.962 bits per heavy atom. The van der Waals surface area contributed by atoms with E-state index in [0.717, 1.165) is 13.0 Å². The van der Waals surface area contributed by atoms with E-state index in [1.165, 1.54) is 109 Å². The van der Waals surface area contributed by atoms with E-state index in [9.17, 15) is 0 Å². The molecule has 26 heavy (non-hydrogen) atoms. The molecule has 0 rings (SSSR count). The molecule has 0 aliphatic carbocycles. The normalized spacial score (nSPS) is 11.6. The van der Waals surface area contributed by atoms with E-state index in [2.05, 4.69) is 19.1 Å². The third-order valence-electron chi connectivity index (χ3n) is 5.04. The predicted octanol–water partition coefficient (Wildman–Crippen LogP) is 7.59. The Morgan fingerprint density at radius 1 is 0.538 bits per heavy atom. The fraction of sp³-hybridized carbons (Fsp3) is 0.917. The second-order valence-corrected chi connectivity index (χ2v) is 7.69. The molecule has 0 heterocycles. The smallest absolute Gasteiger partial charge is 0.0697 e. The van der Waals surface area contributed by atoms with Crippen molar-refractivity contribution in [2.75, 3.05) is 19.8 Å². The van der Waals surface area contributed by atoms with Gasteiger partial charge in [0, 0.05) is 6.61 Å². The zero-order valence-electron chi connectivity index (χ0n) is 17.9. The van der Waals surface area contributed by atoms with E-state index in [0.29, 0.717) is 6.61 Å². The zero-order valence-corrected chi connectivity index (χ0v) is 17.9. The standard InChI is InChI=1S/C24H48O2/c1-2-3-4-5-6-7-8-9-10-11-12-13-14-15-16-17-18-19-20-21-23-26-24-22-25/h9-10,25H,2-8,11-24H2,1H3. The summed E-state index contributed by atoms with van der Waals surface area (Å²) in [4.78, 5) is 0.